The van der Waals surface area contributed by atoms with Crippen LogP contribution in [0.15, 0.2) is 48.5 Å². The van der Waals surface area contributed by atoms with E-state index in [4.69, 9.17) is 34.8 Å². The largest absolute Gasteiger partial charge is 0.373 e. The van der Waals surface area contributed by atoms with Gasteiger partial charge in [-0.3, -0.25) is 0 Å². The Kier molecular flexibility index (Phi) is 6.99. The van der Waals surface area contributed by atoms with E-state index in [2.05, 4.69) is 47.7 Å². The number of tetrazole rings is 1. The zero-order valence-corrected chi connectivity index (χ0v) is 20.5. The standard InChI is InChI=1S/C23H26Cl3N5/c1-22(2,3)20(12-10-15-9-11-17(25)14-19(15)26)31-21(28-29-30-31)23(4,5)27-18-8-6-7-16(24)13-18/h6-14,20,27H,1-5H3/b12-10+/t20-/m1/s1. The van der Waals surface area contributed by atoms with E-state index in [0.29, 0.717) is 20.9 Å². The third-order valence-electron chi connectivity index (χ3n) is 4.90. The van der Waals surface area contributed by atoms with Crippen molar-refractivity contribution in [1.29, 1.82) is 0 Å². The van der Waals surface area contributed by atoms with Crippen molar-refractivity contribution in [3.05, 3.63) is 75.0 Å². The molecule has 1 aromatic heterocycles. The highest BCUT2D eigenvalue weighted by molar-refractivity contribution is 6.35. The maximum atomic E-state index is 6.36. The van der Waals surface area contributed by atoms with Crippen LogP contribution in [-0.4, -0.2) is 20.2 Å². The van der Waals surface area contributed by atoms with E-state index in [1.165, 1.54) is 0 Å². The maximum Gasteiger partial charge on any atom is 0.176 e. The van der Waals surface area contributed by atoms with Gasteiger partial charge in [-0.15, -0.1) is 5.10 Å². The van der Waals surface area contributed by atoms with E-state index < -0.39 is 5.54 Å². The van der Waals surface area contributed by atoms with Crippen molar-refractivity contribution in [2.45, 2.75) is 46.2 Å². The number of hydrogen-bond acceptors (Lipinski definition) is 4. The molecule has 0 amide bonds. The molecule has 0 aliphatic heterocycles. The second-order valence-electron chi connectivity index (χ2n) is 9.04. The number of rotatable bonds is 6. The summed E-state index contributed by atoms with van der Waals surface area (Å²) in [6.45, 7) is 10.5. The molecule has 0 bridgehead atoms. The highest BCUT2D eigenvalue weighted by Gasteiger charge is 2.34. The zero-order chi connectivity index (χ0) is 22.8. The van der Waals surface area contributed by atoms with Crippen LogP contribution >= 0.6 is 34.8 Å². The van der Waals surface area contributed by atoms with Crippen LogP contribution in [0.5, 0.6) is 0 Å². The minimum Gasteiger partial charge on any atom is -0.373 e. The van der Waals surface area contributed by atoms with E-state index in [-0.39, 0.29) is 11.5 Å². The molecule has 0 saturated carbocycles. The van der Waals surface area contributed by atoms with Gasteiger partial charge in [-0.2, -0.15) is 0 Å². The van der Waals surface area contributed by atoms with E-state index in [1.807, 2.05) is 61.0 Å². The van der Waals surface area contributed by atoms with E-state index in [0.717, 1.165) is 11.3 Å². The lowest BCUT2D eigenvalue weighted by Gasteiger charge is -2.33. The van der Waals surface area contributed by atoms with Gasteiger partial charge in [0.05, 0.1) is 11.6 Å². The molecule has 3 rings (SSSR count). The smallest absolute Gasteiger partial charge is 0.176 e. The topological polar surface area (TPSA) is 55.6 Å². The molecule has 1 N–H and O–H groups in total. The second-order valence-corrected chi connectivity index (χ2v) is 10.3. The predicted molar refractivity (Wildman–Crippen MR) is 130 cm³/mol. The Bertz CT molecular complexity index is 1080. The summed E-state index contributed by atoms with van der Waals surface area (Å²) in [7, 11) is 0. The molecular weight excluding hydrogens is 453 g/mol. The van der Waals surface area contributed by atoms with E-state index >= 15 is 0 Å². The highest BCUT2D eigenvalue weighted by Crippen LogP contribution is 2.36. The van der Waals surface area contributed by atoms with Crippen molar-refractivity contribution in [3.63, 3.8) is 0 Å². The molecule has 5 nitrogen and oxygen atoms in total. The number of anilines is 1. The average Bonchev–Trinajstić information content (AvgIpc) is 3.12. The van der Waals surface area contributed by atoms with Crippen molar-refractivity contribution in [3.8, 4) is 0 Å². The van der Waals surface area contributed by atoms with Crippen LogP contribution in [0, 0.1) is 5.41 Å². The maximum absolute atomic E-state index is 6.36. The fourth-order valence-electron chi connectivity index (χ4n) is 3.34. The number of nitrogens with zero attached hydrogens (tertiary/aromatic N) is 4. The SMILES string of the molecule is CC(C)(Nc1cccc(Cl)c1)c1nnnn1[C@H](/C=C/c1ccc(Cl)cc1Cl)C(C)(C)C. The summed E-state index contributed by atoms with van der Waals surface area (Å²) in [4.78, 5) is 0. The first-order chi connectivity index (χ1) is 14.5. The van der Waals surface area contributed by atoms with Gasteiger partial charge in [0.25, 0.3) is 0 Å². The number of nitrogens with one attached hydrogen (secondary N) is 1. The van der Waals surface area contributed by atoms with Gasteiger partial charge < -0.3 is 5.32 Å². The molecule has 0 spiro atoms. The predicted octanol–water partition coefficient (Wildman–Crippen LogP) is 7.28. The highest BCUT2D eigenvalue weighted by atomic mass is 35.5. The van der Waals surface area contributed by atoms with Gasteiger partial charge in [0.2, 0.25) is 0 Å². The lowest BCUT2D eigenvalue weighted by molar-refractivity contribution is 0.258. The van der Waals surface area contributed by atoms with Crippen molar-refractivity contribution in [2.24, 2.45) is 5.41 Å². The average molecular weight is 479 g/mol. The zero-order valence-electron chi connectivity index (χ0n) is 18.2. The molecule has 31 heavy (non-hydrogen) atoms. The minimum absolute atomic E-state index is 0.121. The van der Waals surface area contributed by atoms with Gasteiger partial charge in [0.15, 0.2) is 5.82 Å². The van der Waals surface area contributed by atoms with Gasteiger partial charge in [0.1, 0.15) is 0 Å². The lowest BCUT2D eigenvalue weighted by atomic mass is 9.85. The Balaban J connectivity index is 1.97. The van der Waals surface area contributed by atoms with Gasteiger partial charge >= 0.3 is 0 Å². The van der Waals surface area contributed by atoms with Crippen molar-refractivity contribution >= 4 is 46.6 Å². The van der Waals surface area contributed by atoms with Crippen molar-refractivity contribution < 1.29 is 0 Å². The monoisotopic (exact) mass is 477 g/mol. The summed E-state index contributed by atoms with van der Waals surface area (Å²) >= 11 is 18.5. The summed E-state index contributed by atoms with van der Waals surface area (Å²) < 4.78 is 1.86. The van der Waals surface area contributed by atoms with Crippen LogP contribution in [0.3, 0.4) is 0 Å². The Hall–Kier alpha value is -2.08. The van der Waals surface area contributed by atoms with Crippen LogP contribution in [0.4, 0.5) is 5.69 Å². The molecule has 3 aromatic rings. The molecule has 1 atom stereocenters. The normalized spacial score (nSPS) is 13.5. The van der Waals surface area contributed by atoms with Crippen molar-refractivity contribution in [2.75, 3.05) is 5.32 Å². The molecular formula is C23H26Cl3N5. The fraction of sp³-hybridized carbons (Fsp3) is 0.348. The van der Waals surface area contributed by atoms with E-state index in [1.54, 1.807) is 6.07 Å². The second kappa shape index (κ2) is 9.19. The van der Waals surface area contributed by atoms with Gasteiger partial charge in [0, 0.05) is 20.8 Å². The van der Waals surface area contributed by atoms with Crippen LogP contribution in [-0.2, 0) is 5.54 Å². The number of hydrogen-bond donors (Lipinski definition) is 1. The minimum atomic E-state index is -0.552. The molecule has 0 saturated heterocycles. The van der Waals surface area contributed by atoms with Gasteiger partial charge in [-0.1, -0.05) is 79.9 Å². The summed E-state index contributed by atoms with van der Waals surface area (Å²) in [5, 5.41) is 18.0. The quantitative estimate of drug-likeness (QED) is 0.404. The Labute approximate surface area is 198 Å². The van der Waals surface area contributed by atoms with Gasteiger partial charge in [-0.25, -0.2) is 4.68 Å². The third-order valence-corrected chi connectivity index (χ3v) is 5.70. The van der Waals surface area contributed by atoms with Crippen molar-refractivity contribution in [1.82, 2.24) is 20.2 Å². The molecule has 0 aliphatic carbocycles. The van der Waals surface area contributed by atoms with Crippen LogP contribution in [0.25, 0.3) is 6.08 Å². The summed E-state index contributed by atoms with van der Waals surface area (Å²) in [5.74, 6) is 0.708. The molecule has 0 aliphatic rings. The molecule has 0 fully saturated rings. The fourth-order valence-corrected chi connectivity index (χ4v) is 4.01. The summed E-state index contributed by atoms with van der Waals surface area (Å²) in [6.07, 6.45) is 4.06. The van der Waals surface area contributed by atoms with E-state index in [9.17, 15) is 0 Å². The number of allylic oxidation sites excluding steroid dienone is 1. The van der Waals surface area contributed by atoms with Crippen LogP contribution < -0.4 is 5.32 Å². The van der Waals surface area contributed by atoms with Crippen LogP contribution in [0.1, 0.15) is 52.0 Å². The van der Waals surface area contributed by atoms with Crippen LogP contribution in [0.2, 0.25) is 15.1 Å². The summed E-state index contributed by atoms with van der Waals surface area (Å²) in [5.41, 5.74) is 1.06. The number of halogens is 3. The Morgan fingerprint density at radius 3 is 2.32 bits per heavy atom. The molecule has 8 heteroatoms. The molecule has 164 valence electrons. The first kappa shape index (κ1) is 23.6. The number of aromatic nitrogens is 4. The third kappa shape index (κ3) is 5.79. The number of benzene rings is 2. The lowest BCUT2D eigenvalue weighted by Crippen LogP contribution is -2.35. The molecule has 2 aromatic carbocycles. The molecule has 0 radical (unpaired) electrons. The Morgan fingerprint density at radius 2 is 1.68 bits per heavy atom. The first-order valence-corrected chi connectivity index (χ1v) is 11.1. The Morgan fingerprint density at radius 1 is 0.968 bits per heavy atom. The summed E-state index contributed by atoms with van der Waals surface area (Å²) in [6, 6.07) is 12.9. The molecule has 0 unspecified atom stereocenters. The first-order valence-electron chi connectivity index (χ1n) is 9.93. The molecule has 1 heterocycles. The van der Waals surface area contributed by atoms with Gasteiger partial charge in [-0.05, 0) is 65.6 Å².